The number of fused-ring (bicyclic) bond motifs is 7. The second-order valence-electron chi connectivity index (χ2n) is 9.75. The summed E-state index contributed by atoms with van der Waals surface area (Å²) in [5, 5.41) is 0. The second-order valence-corrected chi connectivity index (χ2v) is 9.75. The van der Waals surface area contributed by atoms with Crippen LogP contribution in [0.5, 0.6) is 0 Å². The molecule has 0 aliphatic heterocycles. The van der Waals surface area contributed by atoms with Gasteiger partial charge in [-0.05, 0) is 80.6 Å². The van der Waals surface area contributed by atoms with Gasteiger partial charge in [0.25, 0.3) is 0 Å². The normalized spacial score (nSPS) is 49.7. The Balaban J connectivity index is 1.54. The third-order valence-electron chi connectivity index (χ3n) is 9.09. The number of ether oxygens (including phenoxy) is 1. The Bertz CT molecular complexity index is 773. The Morgan fingerprint density at radius 3 is 2.78 bits per heavy atom. The van der Waals surface area contributed by atoms with Crippen LogP contribution in [0.2, 0.25) is 0 Å². The summed E-state index contributed by atoms with van der Waals surface area (Å²) in [4.78, 5) is 23.9. The highest BCUT2D eigenvalue weighted by atomic mass is 16.6. The lowest BCUT2D eigenvalue weighted by Gasteiger charge is -2.57. The van der Waals surface area contributed by atoms with Gasteiger partial charge in [-0.2, -0.15) is 0 Å². The average molecular weight is 367 g/mol. The van der Waals surface area contributed by atoms with Crippen LogP contribution in [-0.4, -0.2) is 17.4 Å². The second kappa shape index (κ2) is 5.72. The van der Waals surface area contributed by atoms with Crippen LogP contribution in [0.1, 0.15) is 65.2 Å². The molecule has 0 amide bonds. The summed E-state index contributed by atoms with van der Waals surface area (Å²) in [6.07, 6.45) is 16.4. The van der Waals surface area contributed by atoms with E-state index in [1.165, 1.54) is 18.9 Å². The lowest BCUT2D eigenvalue weighted by Crippen LogP contribution is -2.57. The third kappa shape index (κ3) is 2.11. The molecule has 8 atom stereocenters. The fourth-order valence-electron chi connectivity index (χ4n) is 8.29. The van der Waals surface area contributed by atoms with Gasteiger partial charge in [-0.3, -0.25) is 9.59 Å². The largest absolute Gasteiger partial charge is 0.445 e. The van der Waals surface area contributed by atoms with Crippen LogP contribution in [0, 0.1) is 53.3 Å². The van der Waals surface area contributed by atoms with E-state index in [2.05, 4.69) is 12.8 Å². The van der Waals surface area contributed by atoms with Gasteiger partial charge < -0.3 is 4.74 Å². The molecule has 0 aromatic carbocycles. The van der Waals surface area contributed by atoms with E-state index in [9.17, 15) is 9.59 Å². The highest BCUT2D eigenvalue weighted by molar-refractivity contribution is 5.91. The number of terminal acetylenes is 1. The van der Waals surface area contributed by atoms with E-state index in [-0.39, 0.29) is 11.4 Å². The molecule has 0 aromatic heterocycles. The van der Waals surface area contributed by atoms with E-state index in [4.69, 9.17) is 11.2 Å². The van der Waals surface area contributed by atoms with E-state index < -0.39 is 5.60 Å². The van der Waals surface area contributed by atoms with Crippen molar-refractivity contribution in [2.45, 2.75) is 70.8 Å². The van der Waals surface area contributed by atoms with Crippen molar-refractivity contribution in [3.05, 3.63) is 11.6 Å². The number of ketones is 1. The van der Waals surface area contributed by atoms with Crippen LogP contribution in [0.25, 0.3) is 0 Å². The minimum atomic E-state index is -0.688. The molecule has 0 heterocycles. The Hall–Kier alpha value is -1.56. The van der Waals surface area contributed by atoms with Gasteiger partial charge in [0, 0.05) is 24.7 Å². The predicted octanol–water partition coefficient (Wildman–Crippen LogP) is 4.31. The number of hydrogen-bond donors (Lipinski definition) is 0. The molecule has 0 aromatic rings. The number of carbonyl (C=O) groups is 2. The van der Waals surface area contributed by atoms with E-state index in [1.807, 2.05) is 6.08 Å². The molecule has 5 rings (SSSR count). The Morgan fingerprint density at radius 2 is 2.07 bits per heavy atom. The molecule has 0 spiro atoms. The van der Waals surface area contributed by atoms with Crippen molar-refractivity contribution in [2.75, 3.05) is 0 Å². The zero-order valence-corrected chi connectivity index (χ0v) is 16.5. The summed E-state index contributed by atoms with van der Waals surface area (Å²) in [7, 11) is 0. The fourth-order valence-corrected chi connectivity index (χ4v) is 8.29. The summed E-state index contributed by atoms with van der Waals surface area (Å²) in [6, 6.07) is 0. The van der Waals surface area contributed by atoms with E-state index in [0.29, 0.717) is 41.3 Å². The van der Waals surface area contributed by atoms with Crippen LogP contribution >= 0.6 is 0 Å². The van der Waals surface area contributed by atoms with Gasteiger partial charge in [0.15, 0.2) is 11.4 Å². The van der Waals surface area contributed by atoms with Crippen LogP contribution in [-0.2, 0) is 14.3 Å². The maximum Gasteiger partial charge on any atom is 0.304 e. The quantitative estimate of drug-likeness (QED) is 0.540. The summed E-state index contributed by atoms with van der Waals surface area (Å²) in [6.45, 7) is 3.76. The van der Waals surface area contributed by atoms with Crippen LogP contribution in [0.15, 0.2) is 11.6 Å². The molecule has 5 aliphatic carbocycles. The number of allylic oxidation sites excluding steroid dienone is 1. The van der Waals surface area contributed by atoms with Crippen LogP contribution in [0.4, 0.5) is 0 Å². The van der Waals surface area contributed by atoms with Gasteiger partial charge in [-0.15, -0.1) is 6.42 Å². The molecule has 5 aliphatic rings. The van der Waals surface area contributed by atoms with Gasteiger partial charge in [0.05, 0.1) is 0 Å². The molecule has 27 heavy (non-hydrogen) atoms. The Kier molecular flexibility index (Phi) is 3.72. The minimum Gasteiger partial charge on any atom is -0.445 e. The minimum absolute atomic E-state index is 0.0477. The molecule has 3 nitrogen and oxygen atoms in total. The highest BCUT2D eigenvalue weighted by Gasteiger charge is 2.78. The van der Waals surface area contributed by atoms with Crippen molar-refractivity contribution in [2.24, 2.45) is 40.9 Å². The number of rotatable bonds is 2. The first kappa shape index (κ1) is 17.5. The lowest BCUT2D eigenvalue weighted by atomic mass is 9.48. The van der Waals surface area contributed by atoms with Gasteiger partial charge in [0.2, 0.25) is 0 Å². The van der Waals surface area contributed by atoms with Crippen molar-refractivity contribution in [3.8, 4) is 12.3 Å². The summed E-state index contributed by atoms with van der Waals surface area (Å²) >= 11 is 0. The molecule has 3 heteroatoms. The molecule has 144 valence electrons. The van der Waals surface area contributed by atoms with E-state index in [0.717, 1.165) is 44.9 Å². The zero-order chi connectivity index (χ0) is 19.0. The maximum absolute atomic E-state index is 12.0. The monoisotopic (exact) mass is 366 g/mol. The maximum atomic E-state index is 12.0. The molecule has 0 saturated heterocycles. The fraction of sp³-hybridized carbons (Fsp3) is 0.750. The number of carbonyl (C=O) groups excluding carboxylic acids is 2. The van der Waals surface area contributed by atoms with Gasteiger partial charge >= 0.3 is 5.97 Å². The molecule has 0 N–H and O–H groups in total. The van der Waals surface area contributed by atoms with Crippen LogP contribution in [0.3, 0.4) is 0 Å². The van der Waals surface area contributed by atoms with Gasteiger partial charge in [-0.25, -0.2) is 0 Å². The molecule has 0 unspecified atom stereocenters. The predicted molar refractivity (Wildman–Crippen MR) is 102 cm³/mol. The molecule has 4 fully saturated rings. The van der Waals surface area contributed by atoms with Crippen molar-refractivity contribution in [3.63, 3.8) is 0 Å². The Morgan fingerprint density at radius 1 is 1.26 bits per heavy atom. The van der Waals surface area contributed by atoms with E-state index in [1.54, 1.807) is 0 Å². The number of esters is 1. The summed E-state index contributed by atoms with van der Waals surface area (Å²) < 4.78 is 6.04. The average Bonchev–Trinajstić information content (AvgIpc) is 3.41. The molecule has 4 saturated carbocycles. The first-order chi connectivity index (χ1) is 13.0. The summed E-state index contributed by atoms with van der Waals surface area (Å²) in [5.41, 5.74) is 0.686. The first-order valence-corrected chi connectivity index (χ1v) is 10.9. The molecule has 0 bridgehead atoms. The number of hydrogen-bond acceptors (Lipinski definition) is 3. The topological polar surface area (TPSA) is 43.4 Å². The van der Waals surface area contributed by atoms with Gasteiger partial charge in [-0.1, -0.05) is 18.4 Å². The summed E-state index contributed by atoms with van der Waals surface area (Å²) in [5.74, 6) is 6.68. The van der Waals surface area contributed by atoms with Gasteiger partial charge in [0.1, 0.15) is 0 Å². The zero-order valence-electron chi connectivity index (χ0n) is 16.5. The lowest BCUT2D eigenvalue weighted by molar-refractivity contribution is -0.178. The first-order valence-electron chi connectivity index (χ1n) is 10.9. The highest BCUT2D eigenvalue weighted by Crippen LogP contribution is 2.77. The smallest absolute Gasteiger partial charge is 0.304 e. The van der Waals surface area contributed by atoms with Crippen molar-refractivity contribution < 1.29 is 14.3 Å². The van der Waals surface area contributed by atoms with Crippen molar-refractivity contribution in [1.29, 1.82) is 0 Å². The van der Waals surface area contributed by atoms with E-state index >= 15 is 0 Å². The van der Waals surface area contributed by atoms with Crippen molar-refractivity contribution >= 4 is 11.8 Å². The standard InChI is InChI=1S/C24H30O3/c1-4-23-11-10-18-17-9-7-16(26)12-15(17)6-8-19(18)22(23)20-13-21(20)24(23,5-2)27-14(3)25/h2,12,17-22H,4,6-11,13H2,1,3H3/t17-,18+,19+,20-,21+,22+,23-,24-/m0/s1. The molecular formula is C24H30O3. The van der Waals surface area contributed by atoms with Crippen molar-refractivity contribution in [1.82, 2.24) is 0 Å². The molecular weight excluding hydrogens is 336 g/mol. The Labute approximate surface area is 162 Å². The third-order valence-corrected chi connectivity index (χ3v) is 9.09. The van der Waals surface area contributed by atoms with Crippen LogP contribution < -0.4 is 0 Å². The molecule has 0 radical (unpaired) electrons. The SMILES string of the molecule is C#C[C@]1(OC(C)=O)[C@@H]2C[C@@H]2[C@H]2[C@@H]3CCC4=CC(=O)CC[C@@H]4[C@H]3CC[C@@]21CC.